The second-order valence-corrected chi connectivity index (χ2v) is 4.45. The van der Waals surface area contributed by atoms with Gasteiger partial charge in [-0.15, -0.1) is 0 Å². The summed E-state index contributed by atoms with van der Waals surface area (Å²) in [6.07, 6.45) is -0.0409. The largest absolute Gasteiger partial charge is 0.379 e. The van der Waals surface area contributed by atoms with E-state index in [1.165, 1.54) is 0 Å². The topological polar surface area (TPSA) is 44.0 Å². The number of halogens is 1. The Labute approximate surface area is 111 Å². The number of aliphatic hydroxyl groups is 1. The van der Waals surface area contributed by atoms with Gasteiger partial charge in [0.05, 0.1) is 12.5 Å². The van der Waals surface area contributed by atoms with E-state index in [0.717, 1.165) is 0 Å². The summed E-state index contributed by atoms with van der Waals surface area (Å²) in [6.45, 7) is 0. The van der Waals surface area contributed by atoms with E-state index in [4.69, 9.17) is 16.9 Å². The lowest BCUT2D eigenvalue weighted by Crippen LogP contribution is -2.27. The van der Waals surface area contributed by atoms with E-state index in [-0.39, 0.29) is 6.42 Å². The van der Waals surface area contributed by atoms with E-state index < -0.39 is 5.60 Å². The molecule has 0 aliphatic rings. The van der Waals surface area contributed by atoms with Crippen LogP contribution in [0.2, 0.25) is 5.02 Å². The van der Waals surface area contributed by atoms with Gasteiger partial charge < -0.3 is 5.11 Å². The van der Waals surface area contributed by atoms with Crippen LogP contribution in [-0.4, -0.2) is 5.11 Å². The summed E-state index contributed by atoms with van der Waals surface area (Å²) >= 11 is 6.12. The van der Waals surface area contributed by atoms with Crippen molar-refractivity contribution in [2.24, 2.45) is 0 Å². The Morgan fingerprint density at radius 1 is 1.06 bits per heavy atom. The van der Waals surface area contributed by atoms with Crippen molar-refractivity contribution in [3.63, 3.8) is 0 Å². The Kier molecular flexibility index (Phi) is 3.66. The van der Waals surface area contributed by atoms with Crippen molar-refractivity contribution in [2.75, 3.05) is 0 Å². The monoisotopic (exact) mass is 257 g/mol. The van der Waals surface area contributed by atoms with Gasteiger partial charge in [-0.25, -0.2) is 0 Å². The smallest absolute Gasteiger partial charge is 0.129 e. The van der Waals surface area contributed by atoms with Crippen molar-refractivity contribution in [3.8, 4) is 6.07 Å². The van der Waals surface area contributed by atoms with Crippen LogP contribution in [0, 0.1) is 11.3 Å². The van der Waals surface area contributed by atoms with Gasteiger partial charge >= 0.3 is 0 Å². The molecule has 1 atom stereocenters. The fourth-order valence-electron chi connectivity index (χ4n) is 1.98. The molecule has 2 rings (SSSR count). The third-order valence-electron chi connectivity index (χ3n) is 2.91. The minimum absolute atomic E-state index is 0.0409. The van der Waals surface area contributed by atoms with Crippen LogP contribution < -0.4 is 0 Å². The molecule has 0 aliphatic heterocycles. The van der Waals surface area contributed by atoms with Gasteiger partial charge in [0.1, 0.15) is 5.60 Å². The molecule has 90 valence electrons. The Bertz CT molecular complexity index is 577. The fraction of sp³-hybridized carbons (Fsp3) is 0.133. The predicted octanol–water partition coefficient (Wildman–Crippen LogP) is 3.49. The van der Waals surface area contributed by atoms with E-state index >= 15 is 0 Å². The van der Waals surface area contributed by atoms with Gasteiger partial charge in [-0.1, -0.05) is 60.1 Å². The Morgan fingerprint density at radius 3 is 2.28 bits per heavy atom. The van der Waals surface area contributed by atoms with E-state index in [9.17, 15) is 5.11 Å². The molecule has 18 heavy (non-hydrogen) atoms. The Morgan fingerprint density at radius 2 is 1.67 bits per heavy atom. The molecule has 0 saturated heterocycles. The van der Waals surface area contributed by atoms with Crippen LogP contribution in [0.5, 0.6) is 0 Å². The highest BCUT2D eigenvalue weighted by atomic mass is 35.5. The van der Waals surface area contributed by atoms with Gasteiger partial charge in [0.15, 0.2) is 0 Å². The first-order valence-electron chi connectivity index (χ1n) is 5.58. The van der Waals surface area contributed by atoms with Crippen molar-refractivity contribution in [3.05, 3.63) is 70.7 Å². The second kappa shape index (κ2) is 5.22. The van der Waals surface area contributed by atoms with Gasteiger partial charge in [-0.2, -0.15) is 5.26 Å². The van der Waals surface area contributed by atoms with Crippen LogP contribution in [0.25, 0.3) is 0 Å². The Balaban J connectivity index is 2.59. The maximum Gasteiger partial charge on any atom is 0.129 e. The normalized spacial score (nSPS) is 13.6. The highest BCUT2D eigenvalue weighted by molar-refractivity contribution is 6.31. The third-order valence-corrected chi connectivity index (χ3v) is 3.24. The third kappa shape index (κ3) is 2.24. The molecule has 1 N–H and O–H groups in total. The molecule has 0 radical (unpaired) electrons. The van der Waals surface area contributed by atoms with Crippen molar-refractivity contribution in [1.82, 2.24) is 0 Å². The zero-order chi connectivity index (χ0) is 13.0. The predicted molar refractivity (Wildman–Crippen MR) is 71.1 cm³/mol. The van der Waals surface area contributed by atoms with Crippen molar-refractivity contribution in [1.29, 1.82) is 5.26 Å². The molecular formula is C15H12ClNO. The zero-order valence-corrected chi connectivity index (χ0v) is 10.4. The second-order valence-electron chi connectivity index (χ2n) is 4.04. The zero-order valence-electron chi connectivity index (χ0n) is 9.68. The maximum atomic E-state index is 10.8. The van der Waals surface area contributed by atoms with Crippen LogP contribution in [0.4, 0.5) is 0 Å². The highest BCUT2D eigenvalue weighted by Crippen LogP contribution is 2.36. The van der Waals surface area contributed by atoms with E-state index in [0.29, 0.717) is 16.1 Å². The van der Waals surface area contributed by atoms with Crippen LogP contribution in [-0.2, 0) is 5.60 Å². The summed E-state index contributed by atoms with van der Waals surface area (Å²) in [4.78, 5) is 0. The highest BCUT2D eigenvalue weighted by Gasteiger charge is 2.33. The van der Waals surface area contributed by atoms with Gasteiger partial charge in [0.2, 0.25) is 0 Å². The molecule has 0 aromatic heterocycles. The summed E-state index contributed by atoms with van der Waals surface area (Å²) in [5.74, 6) is 0. The van der Waals surface area contributed by atoms with Crippen molar-refractivity contribution < 1.29 is 5.11 Å². The summed E-state index contributed by atoms with van der Waals surface area (Å²) < 4.78 is 0. The lowest BCUT2D eigenvalue weighted by Gasteiger charge is -2.27. The van der Waals surface area contributed by atoms with E-state index in [1.807, 2.05) is 24.3 Å². The summed E-state index contributed by atoms with van der Waals surface area (Å²) in [5, 5.41) is 20.2. The lowest BCUT2D eigenvalue weighted by atomic mass is 9.84. The number of hydrogen-bond acceptors (Lipinski definition) is 2. The molecule has 0 saturated carbocycles. The van der Waals surface area contributed by atoms with E-state index in [1.54, 1.807) is 36.4 Å². The summed E-state index contributed by atoms with van der Waals surface area (Å²) in [7, 11) is 0. The van der Waals surface area contributed by atoms with Crippen molar-refractivity contribution in [2.45, 2.75) is 12.0 Å². The number of nitriles is 1. The minimum atomic E-state index is -1.37. The average Bonchev–Trinajstić information content (AvgIpc) is 2.40. The lowest BCUT2D eigenvalue weighted by molar-refractivity contribution is 0.0861. The first-order valence-corrected chi connectivity index (χ1v) is 5.96. The quantitative estimate of drug-likeness (QED) is 0.915. The molecule has 0 heterocycles. The SMILES string of the molecule is N#CC[C@@](O)(c1ccccc1)c1ccccc1Cl. The molecule has 0 fully saturated rings. The van der Waals surface area contributed by atoms with Gasteiger partial charge in [0, 0.05) is 10.6 Å². The molecule has 2 nitrogen and oxygen atoms in total. The molecule has 2 aromatic carbocycles. The van der Waals surface area contributed by atoms with Crippen LogP contribution in [0.15, 0.2) is 54.6 Å². The molecular weight excluding hydrogens is 246 g/mol. The van der Waals surface area contributed by atoms with Gasteiger partial charge in [-0.05, 0) is 11.6 Å². The van der Waals surface area contributed by atoms with Gasteiger partial charge in [0.25, 0.3) is 0 Å². The summed E-state index contributed by atoms with van der Waals surface area (Å²) in [5.41, 5.74) is -0.145. The molecule has 0 amide bonds. The van der Waals surface area contributed by atoms with Crippen LogP contribution in [0.3, 0.4) is 0 Å². The van der Waals surface area contributed by atoms with Crippen molar-refractivity contribution >= 4 is 11.6 Å². The molecule has 0 spiro atoms. The van der Waals surface area contributed by atoms with Crippen LogP contribution >= 0.6 is 11.6 Å². The minimum Gasteiger partial charge on any atom is -0.379 e. The molecule has 2 aromatic rings. The number of rotatable bonds is 3. The van der Waals surface area contributed by atoms with Crippen LogP contribution in [0.1, 0.15) is 17.5 Å². The number of nitrogens with zero attached hydrogens (tertiary/aromatic N) is 1. The fourth-order valence-corrected chi connectivity index (χ4v) is 2.27. The van der Waals surface area contributed by atoms with Gasteiger partial charge in [-0.3, -0.25) is 0 Å². The van der Waals surface area contributed by atoms with E-state index in [2.05, 4.69) is 0 Å². The maximum absolute atomic E-state index is 10.8. The number of hydrogen-bond donors (Lipinski definition) is 1. The first kappa shape index (κ1) is 12.6. The standard InChI is InChI=1S/C15H12ClNO/c16-14-9-5-4-8-13(14)15(18,10-11-17)12-6-2-1-3-7-12/h1-9,18H,10H2/t15-/m1/s1. The first-order chi connectivity index (χ1) is 8.68. The molecule has 0 unspecified atom stereocenters. The average molecular weight is 258 g/mol. The molecule has 3 heteroatoms. The summed E-state index contributed by atoms with van der Waals surface area (Å²) in [6, 6.07) is 18.2. The molecule has 0 aliphatic carbocycles. The Hall–Kier alpha value is -1.82. The molecule has 0 bridgehead atoms. The number of benzene rings is 2.